The lowest BCUT2D eigenvalue weighted by Gasteiger charge is -2.06. The van der Waals surface area contributed by atoms with Crippen molar-refractivity contribution < 1.29 is 22.2 Å². The lowest BCUT2D eigenvalue weighted by atomic mass is 15.7. The smallest absolute Gasteiger partial charge is 0.328 e. The molecule has 9 heteroatoms. The van der Waals surface area contributed by atoms with Gasteiger partial charge in [-0.05, 0) is 0 Å². The van der Waals surface area contributed by atoms with Crippen LogP contribution in [0.1, 0.15) is 0 Å². The predicted octanol–water partition coefficient (Wildman–Crippen LogP) is 1.78. The van der Waals surface area contributed by atoms with Gasteiger partial charge in [0.25, 0.3) is 0 Å². The molecule has 0 radical (unpaired) electrons. The summed E-state index contributed by atoms with van der Waals surface area (Å²) in [5.74, 6) is 0. The second-order valence-corrected chi connectivity index (χ2v) is 3.41. The van der Waals surface area contributed by atoms with Crippen LogP contribution in [0.4, 0.5) is 0 Å². The van der Waals surface area contributed by atoms with Crippen molar-refractivity contribution >= 4 is 40.9 Å². The molecular weight excluding hydrogens is 213 g/mol. The van der Waals surface area contributed by atoms with Gasteiger partial charge in [-0.3, -0.25) is 0 Å². The molecular formula is H2Cl2O5P2. The second-order valence-electron chi connectivity index (χ2n) is 0.696. The molecule has 0 aromatic heterocycles. The molecule has 0 amide bonds. The van der Waals surface area contributed by atoms with E-state index in [4.69, 9.17) is 33.5 Å². The minimum Gasteiger partial charge on any atom is -0.328 e. The van der Waals surface area contributed by atoms with Crippen LogP contribution in [0, 0.1) is 0 Å². The summed E-state index contributed by atoms with van der Waals surface area (Å²) >= 11 is 9.39. The van der Waals surface area contributed by atoms with E-state index in [1.165, 1.54) is 0 Å². The van der Waals surface area contributed by atoms with Gasteiger partial charge in [-0.1, -0.05) is 0 Å². The molecule has 0 atom stereocenters. The van der Waals surface area contributed by atoms with Gasteiger partial charge in [-0.2, -0.15) is 8.15 Å². The zero-order chi connectivity index (χ0) is 7.28. The highest BCUT2D eigenvalue weighted by Gasteiger charge is 2.16. The maximum Gasteiger partial charge on any atom is 0.375 e. The summed E-state index contributed by atoms with van der Waals surface area (Å²) in [5.41, 5.74) is 0. The molecule has 2 N–H and O–H groups in total. The minimum atomic E-state index is -2.54. The molecule has 0 spiro atoms. The summed E-state index contributed by atoms with van der Waals surface area (Å²) < 4.78 is 11.8. The van der Waals surface area contributed by atoms with Crippen LogP contribution >= 0.6 is 40.9 Å². The van der Waals surface area contributed by atoms with Gasteiger partial charge < -0.3 is 9.79 Å². The molecule has 0 fully saturated rings. The van der Waals surface area contributed by atoms with Gasteiger partial charge in [-0.15, -0.1) is 0 Å². The van der Waals surface area contributed by atoms with Gasteiger partial charge in [0.15, 0.2) is 0 Å². The standard InChI is InChI=1S/Cl2H2O5P2/c1-5-9(6-2)7-8(3)4/h3-4H. The number of hydrogen-bond acceptors (Lipinski definition) is 5. The fraction of sp³-hybridized carbons (Fsp3) is 0. The maximum atomic E-state index is 8.12. The highest BCUT2D eigenvalue weighted by Crippen LogP contribution is 2.51. The average Bonchev–Trinajstić information content (AvgIpc) is 1.82. The quantitative estimate of drug-likeness (QED) is 0.699. The van der Waals surface area contributed by atoms with Crippen LogP contribution in [-0.4, -0.2) is 9.79 Å². The van der Waals surface area contributed by atoms with E-state index in [1.807, 2.05) is 0 Å². The molecule has 0 saturated carbocycles. The molecule has 0 unspecified atom stereocenters. The molecule has 0 aliphatic carbocycles. The molecule has 0 aromatic carbocycles. The number of hydrogen-bond donors (Lipinski definition) is 2. The number of rotatable bonds is 4. The Morgan fingerprint density at radius 2 is 1.56 bits per heavy atom. The Labute approximate surface area is 63.8 Å². The zero-order valence-electron chi connectivity index (χ0n) is 3.77. The van der Waals surface area contributed by atoms with Crippen molar-refractivity contribution in [1.29, 1.82) is 0 Å². The van der Waals surface area contributed by atoms with E-state index in [2.05, 4.69) is 12.5 Å². The monoisotopic (exact) mass is 214 g/mol. The van der Waals surface area contributed by atoms with Gasteiger partial charge >= 0.3 is 17.2 Å². The Hall–Kier alpha value is 1.24. The molecule has 56 valence electrons. The van der Waals surface area contributed by atoms with Crippen molar-refractivity contribution in [3.05, 3.63) is 0 Å². The Morgan fingerprint density at radius 1 is 1.11 bits per heavy atom. The van der Waals surface area contributed by atoms with Gasteiger partial charge in [0.2, 0.25) is 0 Å². The first kappa shape index (κ1) is 10.2. The molecule has 0 saturated heterocycles. The Kier molecular flexibility index (Phi) is 6.81. The largest absolute Gasteiger partial charge is 0.375 e. The highest BCUT2D eigenvalue weighted by atomic mass is 35.5. The summed E-state index contributed by atoms with van der Waals surface area (Å²) in [6, 6.07) is 0. The van der Waals surface area contributed by atoms with Crippen molar-refractivity contribution in [2.75, 3.05) is 0 Å². The summed E-state index contributed by atoms with van der Waals surface area (Å²) in [5, 5.41) is 0. The second kappa shape index (κ2) is 5.98. The van der Waals surface area contributed by atoms with E-state index in [1.54, 1.807) is 0 Å². The summed E-state index contributed by atoms with van der Waals surface area (Å²) in [6.07, 6.45) is 0. The molecule has 5 nitrogen and oxygen atoms in total. The first-order chi connectivity index (χ1) is 4.20. The van der Waals surface area contributed by atoms with Crippen LogP contribution in [-0.2, 0) is 12.5 Å². The zero-order valence-corrected chi connectivity index (χ0v) is 7.07. The van der Waals surface area contributed by atoms with E-state index >= 15 is 0 Å². The third-order valence-electron chi connectivity index (χ3n) is 0.252. The van der Waals surface area contributed by atoms with Crippen LogP contribution in [0.15, 0.2) is 0 Å². The van der Waals surface area contributed by atoms with E-state index in [-0.39, 0.29) is 0 Å². The van der Waals surface area contributed by atoms with E-state index in [9.17, 15) is 0 Å². The Morgan fingerprint density at radius 3 is 1.67 bits per heavy atom. The molecule has 9 heavy (non-hydrogen) atoms. The molecule has 0 aromatic rings. The summed E-state index contributed by atoms with van der Waals surface area (Å²) in [6.45, 7) is 0. The molecule has 0 aliphatic rings. The van der Waals surface area contributed by atoms with Crippen molar-refractivity contribution in [2.24, 2.45) is 0 Å². The predicted molar refractivity (Wildman–Crippen MR) is 33.2 cm³/mol. The SMILES string of the molecule is OP(O)OP(OCl)OCl. The lowest BCUT2D eigenvalue weighted by molar-refractivity contribution is 0.344. The molecule has 0 rings (SSSR count). The first-order valence-corrected chi connectivity index (χ1v) is 4.32. The summed E-state index contributed by atoms with van der Waals surface area (Å²) in [7, 11) is -4.58. The summed E-state index contributed by atoms with van der Waals surface area (Å²) in [4.78, 5) is 16.2. The van der Waals surface area contributed by atoms with Crippen molar-refractivity contribution in [3.63, 3.8) is 0 Å². The fourth-order valence-electron chi connectivity index (χ4n) is 0.0955. The van der Waals surface area contributed by atoms with Crippen molar-refractivity contribution in [3.8, 4) is 0 Å². The fourth-order valence-corrected chi connectivity index (χ4v) is 1.50. The molecule has 0 bridgehead atoms. The van der Waals surface area contributed by atoms with Gasteiger partial charge in [0.1, 0.15) is 0 Å². The van der Waals surface area contributed by atoms with Crippen molar-refractivity contribution in [2.45, 2.75) is 0 Å². The molecule has 0 heterocycles. The van der Waals surface area contributed by atoms with Gasteiger partial charge in [-0.25, -0.2) is 4.31 Å². The lowest BCUT2D eigenvalue weighted by Crippen LogP contribution is -1.77. The maximum absolute atomic E-state index is 8.12. The minimum absolute atomic E-state index is 2.04. The van der Waals surface area contributed by atoms with E-state index < -0.39 is 17.2 Å². The third kappa shape index (κ3) is 5.67. The average molecular weight is 215 g/mol. The molecule has 0 aliphatic heterocycles. The van der Waals surface area contributed by atoms with E-state index in [0.717, 1.165) is 0 Å². The Bertz CT molecular complexity index is 64.0. The van der Waals surface area contributed by atoms with E-state index in [0.29, 0.717) is 0 Å². The normalized spacial score (nSPS) is 11.3. The van der Waals surface area contributed by atoms with Crippen LogP contribution in [0.5, 0.6) is 0 Å². The van der Waals surface area contributed by atoms with Gasteiger partial charge in [0, 0.05) is 0 Å². The topological polar surface area (TPSA) is 68.2 Å². The van der Waals surface area contributed by atoms with Crippen molar-refractivity contribution in [1.82, 2.24) is 0 Å². The van der Waals surface area contributed by atoms with Crippen LogP contribution in [0.2, 0.25) is 0 Å². The van der Waals surface area contributed by atoms with Crippen LogP contribution in [0.25, 0.3) is 0 Å². The Balaban J connectivity index is 3.31. The van der Waals surface area contributed by atoms with Crippen LogP contribution < -0.4 is 0 Å². The number of halogens is 2. The third-order valence-corrected chi connectivity index (χ3v) is 2.27. The van der Waals surface area contributed by atoms with Crippen LogP contribution in [0.3, 0.4) is 0 Å². The van der Waals surface area contributed by atoms with Gasteiger partial charge in [0.05, 0.1) is 23.7 Å². The first-order valence-electron chi connectivity index (χ1n) is 1.44. The highest BCUT2D eigenvalue weighted by molar-refractivity contribution is 7.55.